The Labute approximate surface area is 368 Å². The highest BCUT2D eigenvalue weighted by Crippen LogP contribution is 2.43. The summed E-state index contributed by atoms with van der Waals surface area (Å²) in [6.45, 7) is 2.09. The van der Waals surface area contributed by atoms with E-state index in [0.717, 1.165) is 77.0 Å². The summed E-state index contributed by atoms with van der Waals surface area (Å²) in [5.74, 6) is -1.07. The third-order valence-corrected chi connectivity index (χ3v) is 9.56. The average molecular weight is 871 g/mol. The van der Waals surface area contributed by atoms with Crippen LogP contribution in [0.5, 0.6) is 0 Å². The van der Waals surface area contributed by atoms with Gasteiger partial charge in [0.1, 0.15) is 12.7 Å². The van der Waals surface area contributed by atoms with Gasteiger partial charge in [-0.25, -0.2) is 4.57 Å². The number of phosphoric ester groups is 1. The molecule has 3 N–H and O–H groups in total. The molecule has 0 saturated heterocycles. The van der Waals surface area contributed by atoms with Gasteiger partial charge in [-0.05, 0) is 96.3 Å². The number of hydrogen-bond donors (Lipinski definition) is 3. The first kappa shape index (κ1) is 57.4. The van der Waals surface area contributed by atoms with Crippen molar-refractivity contribution in [3.05, 3.63) is 122 Å². The Morgan fingerprint density at radius 3 is 1.39 bits per heavy atom. The van der Waals surface area contributed by atoms with Crippen molar-refractivity contribution in [2.75, 3.05) is 26.4 Å². The lowest BCUT2D eigenvalue weighted by Crippen LogP contribution is -2.29. The van der Waals surface area contributed by atoms with E-state index in [1.807, 2.05) is 12.2 Å². The number of carbonyl (C=O) groups excluding carboxylic acids is 2. The smallest absolute Gasteiger partial charge is 0.462 e. The quantitative estimate of drug-likeness (QED) is 0.0235. The minimum Gasteiger partial charge on any atom is -0.462 e. The molecule has 0 spiro atoms. The number of carbonyl (C=O) groups is 2. The molecule has 11 heteroatoms. The van der Waals surface area contributed by atoms with Crippen LogP contribution >= 0.6 is 7.82 Å². The fourth-order valence-electron chi connectivity index (χ4n) is 5.18. The number of ether oxygens (including phenoxy) is 2. The van der Waals surface area contributed by atoms with Crippen molar-refractivity contribution in [3.63, 3.8) is 0 Å². The van der Waals surface area contributed by atoms with Crippen LogP contribution in [-0.4, -0.2) is 65.7 Å². The number of hydrogen-bond acceptors (Lipinski definition) is 9. The van der Waals surface area contributed by atoms with Crippen molar-refractivity contribution >= 4 is 19.8 Å². The fourth-order valence-corrected chi connectivity index (χ4v) is 5.97. The van der Waals surface area contributed by atoms with E-state index in [1.165, 1.54) is 25.7 Å². The molecular formula is C50H79O10P. The van der Waals surface area contributed by atoms with Crippen LogP contribution in [0.1, 0.15) is 142 Å². The van der Waals surface area contributed by atoms with Crippen LogP contribution in [0.3, 0.4) is 0 Å². The van der Waals surface area contributed by atoms with Crippen LogP contribution in [0.15, 0.2) is 122 Å². The number of aliphatic hydroxyl groups excluding tert-OH is 2. The number of rotatable bonds is 40. The van der Waals surface area contributed by atoms with Gasteiger partial charge in [-0.1, -0.05) is 155 Å². The zero-order valence-electron chi connectivity index (χ0n) is 37.3. The number of esters is 2. The standard InChI is InChI=1S/C50H79O10P/c1-3-5-7-9-11-13-15-17-19-21-23-25-27-29-31-33-35-37-39-41-49(53)57-45-48(46-59-61(55,56)58-44-47(52)43-51)60-50(54)42-40-38-36-34-32-30-28-26-24-22-20-18-16-14-12-10-8-6-4-2/h5,7,11-14,17-20,23-26,29-32,35,37,47-48,51-52H,3-4,6,8-10,15-16,21-22,27-28,33-34,36,38-46H2,1-2H3,(H,55,56)/b7-5+,13-11+,14-12+,19-17+,20-18+,25-23+,26-24+,31-29+,32-30+,37-35+/t47-,48+/m0/s1. The monoisotopic (exact) mass is 871 g/mol. The Morgan fingerprint density at radius 2 is 0.934 bits per heavy atom. The van der Waals surface area contributed by atoms with Crippen molar-refractivity contribution in [2.45, 2.75) is 154 Å². The topological polar surface area (TPSA) is 149 Å². The van der Waals surface area contributed by atoms with Gasteiger partial charge >= 0.3 is 19.8 Å². The second kappa shape index (κ2) is 44.4. The molecule has 0 aliphatic rings. The van der Waals surface area contributed by atoms with Gasteiger partial charge in [0, 0.05) is 12.8 Å². The second-order valence-electron chi connectivity index (χ2n) is 14.3. The van der Waals surface area contributed by atoms with Gasteiger partial charge in [-0.15, -0.1) is 0 Å². The van der Waals surface area contributed by atoms with Gasteiger partial charge in [0.25, 0.3) is 0 Å². The van der Waals surface area contributed by atoms with Crippen molar-refractivity contribution in [2.24, 2.45) is 0 Å². The molecule has 61 heavy (non-hydrogen) atoms. The minimum atomic E-state index is -4.66. The number of unbranched alkanes of at least 4 members (excludes halogenated alkanes) is 6. The van der Waals surface area contributed by atoms with Gasteiger partial charge in [0.2, 0.25) is 0 Å². The molecule has 0 aromatic carbocycles. The van der Waals surface area contributed by atoms with Crippen LogP contribution < -0.4 is 0 Å². The summed E-state index contributed by atoms with van der Waals surface area (Å²) in [7, 11) is -4.66. The Bertz CT molecular complexity index is 1420. The summed E-state index contributed by atoms with van der Waals surface area (Å²) in [5, 5.41) is 18.4. The Morgan fingerprint density at radius 1 is 0.508 bits per heavy atom. The highest BCUT2D eigenvalue weighted by molar-refractivity contribution is 7.47. The minimum absolute atomic E-state index is 0.101. The summed E-state index contributed by atoms with van der Waals surface area (Å²) >= 11 is 0. The van der Waals surface area contributed by atoms with Crippen molar-refractivity contribution in [1.82, 2.24) is 0 Å². The molecule has 0 saturated carbocycles. The maximum Gasteiger partial charge on any atom is 0.472 e. The average Bonchev–Trinajstić information content (AvgIpc) is 3.25. The van der Waals surface area contributed by atoms with Crippen molar-refractivity contribution in [1.29, 1.82) is 0 Å². The van der Waals surface area contributed by atoms with Crippen LogP contribution in [0.2, 0.25) is 0 Å². The molecule has 0 bridgehead atoms. The van der Waals surface area contributed by atoms with E-state index >= 15 is 0 Å². The molecule has 0 aromatic rings. The van der Waals surface area contributed by atoms with E-state index in [2.05, 4.69) is 128 Å². The van der Waals surface area contributed by atoms with E-state index in [4.69, 9.17) is 19.1 Å². The Kier molecular flexibility index (Phi) is 41.8. The molecule has 3 atom stereocenters. The molecule has 0 amide bonds. The van der Waals surface area contributed by atoms with Crippen LogP contribution in [0, 0.1) is 0 Å². The van der Waals surface area contributed by atoms with Crippen molar-refractivity contribution in [3.8, 4) is 0 Å². The zero-order chi connectivity index (χ0) is 44.8. The molecule has 0 rings (SSSR count). The van der Waals surface area contributed by atoms with Crippen molar-refractivity contribution < 1.29 is 47.8 Å². The summed E-state index contributed by atoms with van der Waals surface area (Å²) < 4.78 is 32.6. The van der Waals surface area contributed by atoms with Crippen LogP contribution in [0.25, 0.3) is 0 Å². The summed E-state index contributed by atoms with van der Waals surface area (Å²) in [6, 6.07) is 0. The summed E-state index contributed by atoms with van der Waals surface area (Å²) in [6.07, 6.45) is 57.5. The molecule has 10 nitrogen and oxygen atoms in total. The Hall–Kier alpha value is -3.63. The summed E-state index contributed by atoms with van der Waals surface area (Å²) in [5.41, 5.74) is 0. The van der Waals surface area contributed by atoms with Gasteiger partial charge in [-0.2, -0.15) is 0 Å². The molecule has 0 radical (unpaired) electrons. The van der Waals surface area contributed by atoms with Crippen LogP contribution in [-0.2, 0) is 32.7 Å². The first-order valence-corrected chi connectivity index (χ1v) is 24.0. The first-order valence-electron chi connectivity index (χ1n) is 22.5. The van der Waals surface area contributed by atoms with Gasteiger partial charge in [0.05, 0.1) is 19.8 Å². The fraction of sp³-hybridized carbons (Fsp3) is 0.560. The Balaban J connectivity index is 4.49. The van der Waals surface area contributed by atoms with E-state index in [1.54, 1.807) is 0 Å². The summed E-state index contributed by atoms with van der Waals surface area (Å²) in [4.78, 5) is 35.0. The van der Waals surface area contributed by atoms with Gasteiger partial charge < -0.3 is 24.6 Å². The molecule has 0 aromatic heterocycles. The maximum absolute atomic E-state index is 12.6. The van der Waals surface area contributed by atoms with E-state index in [9.17, 15) is 24.2 Å². The van der Waals surface area contributed by atoms with Gasteiger partial charge in [-0.3, -0.25) is 18.6 Å². The number of phosphoric acid groups is 1. The molecule has 0 aliphatic carbocycles. The largest absolute Gasteiger partial charge is 0.472 e. The van der Waals surface area contributed by atoms with Gasteiger partial charge in [0.15, 0.2) is 6.10 Å². The lowest BCUT2D eigenvalue weighted by atomic mass is 10.1. The SMILES string of the molecule is CC/C=C/C/C=C/C/C=C/C/C=C/C/C=C/C/C=C/CCC(=O)OC[C@H](COP(=O)(O)OC[C@@H](O)CO)OC(=O)CCCCC/C=C/C/C=C/C/C=C/C/C=C/CCCCC. The molecule has 0 heterocycles. The normalized spacial score (nSPS) is 14.9. The highest BCUT2D eigenvalue weighted by Gasteiger charge is 2.27. The lowest BCUT2D eigenvalue weighted by Gasteiger charge is -2.20. The van der Waals surface area contributed by atoms with E-state index < -0.39 is 51.8 Å². The molecule has 1 unspecified atom stereocenters. The number of allylic oxidation sites excluding steroid dienone is 20. The maximum atomic E-state index is 12.6. The molecule has 344 valence electrons. The predicted molar refractivity (Wildman–Crippen MR) is 251 cm³/mol. The molecular weight excluding hydrogens is 792 g/mol. The third kappa shape index (κ3) is 44.2. The second-order valence-corrected chi connectivity index (χ2v) is 15.8. The third-order valence-electron chi connectivity index (χ3n) is 8.61. The van der Waals surface area contributed by atoms with Crippen LogP contribution in [0.4, 0.5) is 0 Å². The predicted octanol–water partition coefficient (Wildman–Crippen LogP) is 12.3. The zero-order valence-corrected chi connectivity index (χ0v) is 38.2. The molecule has 0 fully saturated rings. The van der Waals surface area contributed by atoms with E-state index in [-0.39, 0.29) is 19.4 Å². The lowest BCUT2D eigenvalue weighted by molar-refractivity contribution is -0.161. The first-order chi connectivity index (χ1) is 29.7. The molecule has 0 aliphatic heterocycles. The van der Waals surface area contributed by atoms with E-state index in [0.29, 0.717) is 12.8 Å². The highest BCUT2D eigenvalue weighted by atomic mass is 31.2. The number of aliphatic hydroxyl groups is 2.